The van der Waals surface area contributed by atoms with E-state index in [4.69, 9.17) is 9.47 Å². The molecule has 2 aromatic carbocycles. The number of methoxy groups -OCH3 is 1. The summed E-state index contributed by atoms with van der Waals surface area (Å²) in [4.78, 5) is 5.03. The topological polar surface area (TPSA) is 24.9 Å². The van der Waals surface area contributed by atoms with Crippen LogP contribution in [0.2, 0.25) is 0 Å². The molecule has 2 aliphatic heterocycles. The lowest BCUT2D eigenvalue weighted by Gasteiger charge is -2.33. The molecule has 0 radical (unpaired) electrons. The number of fused-ring (bicyclic) bond motifs is 1. The van der Waals surface area contributed by atoms with Gasteiger partial charge in [0.25, 0.3) is 0 Å². The zero-order chi connectivity index (χ0) is 21.1. The number of nitrogens with zero attached hydrogens (tertiary/aromatic N) is 2. The SMILES string of the molecule is COc1ccc(C2CN(C)Cc3cc(OCCCN4[C@H](C)CC[C@H]4C)ccc32)cc1. The Hall–Kier alpha value is -2.04. The third kappa shape index (κ3) is 4.65. The Kier molecular flexibility index (Phi) is 6.64. The maximum Gasteiger partial charge on any atom is 0.119 e. The molecule has 4 rings (SSSR count). The summed E-state index contributed by atoms with van der Waals surface area (Å²) in [7, 11) is 3.91. The fourth-order valence-corrected chi connectivity index (χ4v) is 5.16. The molecule has 0 N–H and O–H groups in total. The maximum atomic E-state index is 6.15. The van der Waals surface area contributed by atoms with Gasteiger partial charge in [-0.1, -0.05) is 18.2 Å². The molecule has 30 heavy (non-hydrogen) atoms. The largest absolute Gasteiger partial charge is 0.497 e. The minimum absolute atomic E-state index is 0.386. The van der Waals surface area contributed by atoms with Crippen LogP contribution in [0.15, 0.2) is 42.5 Å². The Morgan fingerprint density at radius 3 is 2.37 bits per heavy atom. The Morgan fingerprint density at radius 2 is 1.67 bits per heavy atom. The number of hydrogen-bond acceptors (Lipinski definition) is 4. The van der Waals surface area contributed by atoms with Crippen molar-refractivity contribution < 1.29 is 9.47 Å². The molecular weight excluding hydrogens is 372 g/mol. The van der Waals surface area contributed by atoms with Gasteiger partial charge >= 0.3 is 0 Å². The van der Waals surface area contributed by atoms with Gasteiger partial charge in [-0.15, -0.1) is 0 Å². The van der Waals surface area contributed by atoms with Crippen molar-refractivity contribution in [2.75, 3.05) is 33.9 Å². The van der Waals surface area contributed by atoms with Crippen molar-refractivity contribution in [3.8, 4) is 11.5 Å². The summed E-state index contributed by atoms with van der Waals surface area (Å²) in [5.41, 5.74) is 4.14. The fraction of sp³-hybridized carbons (Fsp3) is 0.538. The van der Waals surface area contributed by atoms with Gasteiger partial charge in [0, 0.05) is 37.6 Å². The molecule has 0 aliphatic carbocycles. The summed E-state index contributed by atoms with van der Waals surface area (Å²) in [6.07, 6.45) is 3.74. The maximum absolute atomic E-state index is 6.15. The van der Waals surface area contributed by atoms with Crippen molar-refractivity contribution in [1.29, 1.82) is 0 Å². The molecule has 3 atom stereocenters. The second-order valence-corrected chi connectivity index (χ2v) is 9.10. The molecule has 4 nitrogen and oxygen atoms in total. The van der Waals surface area contributed by atoms with Crippen LogP contribution < -0.4 is 9.47 Å². The van der Waals surface area contributed by atoms with E-state index in [1.807, 2.05) is 0 Å². The van der Waals surface area contributed by atoms with Gasteiger partial charge in [0.15, 0.2) is 0 Å². The quantitative estimate of drug-likeness (QED) is 0.608. The predicted octanol–water partition coefficient (Wildman–Crippen LogP) is 4.91. The highest BCUT2D eigenvalue weighted by atomic mass is 16.5. The number of ether oxygens (including phenoxy) is 2. The average Bonchev–Trinajstić information content (AvgIpc) is 3.08. The molecule has 1 fully saturated rings. The van der Waals surface area contributed by atoms with Gasteiger partial charge in [0.1, 0.15) is 11.5 Å². The van der Waals surface area contributed by atoms with E-state index >= 15 is 0 Å². The number of likely N-dealkylation sites (tertiary alicyclic amines) is 1. The molecule has 4 heteroatoms. The second-order valence-electron chi connectivity index (χ2n) is 9.10. The molecule has 0 spiro atoms. The van der Waals surface area contributed by atoms with Crippen molar-refractivity contribution in [2.24, 2.45) is 0 Å². The third-order valence-electron chi connectivity index (χ3n) is 6.91. The van der Waals surface area contributed by atoms with E-state index in [1.165, 1.54) is 29.5 Å². The van der Waals surface area contributed by atoms with Gasteiger partial charge in [0.2, 0.25) is 0 Å². The first-order chi connectivity index (χ1) is 14.5. The summed E-state index contributed by atoms with van der Waals surface area (Å²) in [6.45, 7) is 8.63. The molecule has 2 aromatic rings. The monoisotopic (exact) mass is 408 g/mol. The lowest BCUT2D eigenvalue weighted by Crippen LogP contribution is -2.34. The molecule has 0 amide bonds. The molecule has 162 valence electrons. The van der Waals surface area contributed by atoms with Crippen molar-refractivity contribution in [3.63, 3.8) is 0 Å². The van der Waals surface area contributed by atoms with Gasteiger partial charge < -0.3 is 14.4 Å². The van der Waals surface area contributed by atoms with Gasteiger partial charge in [0.05, 0.1) is 13.7 Å². The first-order valence-corrected chi connectivity index (χ1v) is 11.4. The van der Waals surface area contributed by atoms with Gasteiger partial charge in [-0.25, -0.2) is 0 Å². The normalized spacial score (nSPS) is 24.6. The molecular formula is C26H36N2O2. The third-order valence-corrected chi connectivity index (χ3v) is 6.91. The molecule has 0 bridgehead atoms. The van der Waals surface area contributed by atoms with Crippen molar-refractivity contribution in [2.45, 2.75) is 57.7 Å². The first kappa shape index (κ1) is 21.2. The molecule has 2 heterocycles. The minimum Gasteiger partial charge on any atom is -0.497 e. The van der Waals surface area contributed by atoms with Crippen LogP contribution in [0, 0.1) is 0 Å². The van der Waals surface area contributed by atoms with E-state index in [0.717, 1.165) is 44.2 Å². The predicted molar refractivity (Wildman–Crippen MR) is 123 cm³/mol. The number of likely N-dealkylation sites (N-methyl/N-ethyl adjacent to an activating group) is 1. The molecule has 1 unspecified atom stereocenters. The van der Waals surface area contributed by atoms with Crippen LogP contribution in [0.3, 0.4) is 0 Å². The highest BCUT2D eigenvalue weighted by Crippen LogP contribution is 2.35. The Bertz CT molecular complexity index is 825. The Balaban J connectivity index is 1.40. The van der Waals surface area contributed by atoms with Crippen molar-refractivity contribution in [3.05, 3.63) is 59.2 Å². The van der Waals surface area contributed by atoms with Crippen molar-refractivity contribution in [1.82, 2.24) is 9.80 Å². The standard InChI is InChI=1S/C26H36N2O2/c1-19-6-7-20(2)28(19)14-5-15-30-24-12-13-25-22(16-24)17-27(3)18-26(25)21-8-10-23(29-4)11-9-21/h8-13,16,19-20,26H,5-7,14-15,17-18H2,1-4H3/t19-,20-,26?/m1/s1. The molecule has 2 aliphatic rings. The molecule has 1 saturated heterocycles. The fourth-order valence-electron chi connectivity index (χ4n) is 5.16. The number of hydrogen-bond donors (Lipinski definition) is 0. The van der Waals surface area contributed by atoms with E-state index in [1.54, 1.807) is 7.11 Å². The Morgan fingerprint density at radius 1 is 0.967 bits per heavy atom. The summed E-state index contributed by atoms with van der Waals surface area (Å²) < 4.78 is 11.5. The minimum atomic E-state index is 0.386. The number of rotatable bonds is 7. The summed E-state index contributed by atoms with van der Waals surface area (Å²) in [6, 6.07) is 16.6. The van der Waals surface area contributed by atoms with E-state index < -0.39 is 0 Å². The van der Waals surface area contributed by atoms with E-state index in [9.17, 15) is 0 Å². The zero-order valence-corrected chi connectivity index (χ0v) is 18.9. The highest BCUT2D eigenvalue weighted by molar-refractivity contribution is 5.45. The van der Waals surface area contributed by atoms with Crippen LogP contribution in [0.4, 0.5) is 0 Å². The van der Waals surface area contributed by atoms with E-state index in [0.29, 0.717) is 18.0 Å². The first-order valence-electron chi connectivity index (χ1n) is 11.4. The second kappa shape index (κ2) is 9.40. The highest BCUT2D eigenvalue weighted by Gasteiger charge is 2.27. The van der Waals surface area contributed by atoms with Gasteiger partial charge in [-0.3, -0.25) is 4.90 Å². The van der Waals surface area contributed by atoms with Crippen LogP contribution in [-0.4, -0.2) is 55.7 Å². The van der Waals surface area contributed by atoms with Crippen LogP contribution >= 0.6 is 0 Å². The Labute approximate surface area is 181 Å². The molecule has 0 aromatic heterocycles. The van der Waals surface area contributed by atoms with E-state index in [-0.39, 0.29) is 0 Å². The van der Waals surface area contributed by atoms with Crippen LogP contribution in [0.5, 0.6) is 11.5 Å². The van der Waals surface area contributed by atoms with Crippen molar-refractivity contribution >= 4 is 0 Å². The summed E-state index contributed by atoms with van der Waals surface area (Å²) >= 11 is 0. The lowest BCUT2D eigenvalue weighted by atomic mass is 9.84. The van der Waals surface area contributed by atoms with Gasteiger partial charge in [-0.2, -0.15) is 0 Å². The number of benzene rings is 2. The average molecular weight is 409 g/mol. The zero-order valence-electron chi connectivity index (χ0n) is 18.9. The van der Waals surface area contributed by atoms with E-state index in [2.05, 4.69) is 73.2 Å². The summed E-state index contributed by atoms with van der Waals surface area (Å²) in [5, 5.41) is 0. The van der Waals surface area contributed by atoms with Gasteiger partial charge in [-0.05, 0) is 81.1 Å². The van der Waals surface area contributed by atoms with Crippen LogP contribution in [0.1, 0.15) is 55.7 Å². The molecule has 0 saturated carbocycles. The summed E-state index contributed by atoms with van der Waals surface area (Å²) in [5.74, 6) is 2.29. The van der Waals surface area contributed by atoms with Crippen LogP contribution in [0.25, 0.3) is 0 Å². The van der Waals surface area contributed by atoms with Crippen LogP contribution in [-0.2, 0) is 6.54 Å². The lowest BCUT2D eigenvalue weighted by molar-refractivity contribution is 0.191. The smallest absolute Gasteiger partial charge is 0.119 e.